The molecule has 0 saturated heterocycles. The summed E-state index contributed by atoms with van der Waals surface area (Å²) in [7, 11) is -3.09. The van der Waals surface area contributed by atoms with Crippen LogP contribution in [0.1, 0.15) is 5.76 Å². The Kier molecular flexibility index (Phi) is 4.66. The Bertz CT molecular complexity index is 792. The molecule has 0 fully saturated rings. The molecule has 126 valence electrons. The molecule has 2 rings (SSSR count). The molecule has 10 heteroatoms. The zero-order valence-electron chi connectivity index (χ0n) is 11.9. The van der Waals surface area contributed by atoms with Gasteiger partial charge in [0, 0.05) is 7.05 Å². The number of benzene rings is 1. The number of rotatable bonds is 5. The summed E-state index contributed by atoms with van der Waals surface area (Å²) >= 11 is 0. The van der Waals surface area contributed by atoms with E-state index in [1.807, 2.05) is 0 Å². The second-order valence-corrected chi connectivity index (χ2v) is 6.44. The predicted octanol–water partition coefficient (Wildman–Crippen LogP) is 2.67. The van der Waals surface area contributed by atoms with E-state index < -0.39 is 43.9 Å². The van der Waals surface area contributed by atoms with Gasteiger partial charge in [-0.3, -0.25) is 0 Å². The smallest absolute Gasteiger partial charge is 0.249 e. The monoisotopic (exact) mass is 353 g/mol. The Morgan fingerprint density at radius 3 is 2.13 bits per heavy atom. The standard InChI is InChI=1S/C13H11F4NO4S/c1-18(6-7-4-3-5-22-7)23(19,20)13-10(16)8(14)12(21-2)9(15)11(13)17/h3-5H,6H2,1-2H3. The number of hydrogen-bond donors (Lipinski definition) is 0. The minimum atomic E-state index is -4.86. The molecule has 0 aliphatic carbocycles. The van der Waals surface area contributed by atoms with Gasteiger partial charge in [0.05, 0.1) is 19.9 Å². The maximum Gasteiger partial charge on any atom is 0.249 e. The summed E-state index contributed by atoms with van der Waals surface area (Å²) in [6.07, 6.45) is 1.27. The van der Waals surface area contributed by atoms with Gasteiger partial charge in [0.15, 0.2) is 22.3 Å². The lowest BCUT2D eigenvalue weighted by Crippen LogP contribution is -2.29. The first-order valence-corrected chi connectivity index (χ1v) is 7.54. The minimum Gasteiger partial charge on any atom is -0.491 e. The highest BCUT2D eigenvalue weighted by atomic mass is 32.2. The summed E-state index contributed by atoms with van der Waals surface area (Å²) < 4.78 is 89.3. The van der Waals surface area contributed by atoms with Gasteiger partial charge in [-0.25, -0.2) is 17.2 Å². The maximum atomic E-state index is 13.9. The number of halogens is 4. The van der Waals surface area contributed by atoms with Crippen LogP contribution in [0.15, 0.2) is 27.7 Å². The second-order valence-electron chi connectivity index (χ2n) is 4.46. The molecule has 0 unspecified atom stereocenters. The Hall–Kier alpha value is -2.07. The van der Waals surface area contributed by atoms with Crippen LogP contribution >= 0.6 is 0 Å². The molecule has 0 N–H and O–H groups in total. The van der Waals surface area contributed by atoms with Gasteiger partial charge >= 0.3 is 0 Å². The van der Waals surface area contributed by atoms with E-state index in [0.717, 1.165) is 14.2 Å². The summed E-state index contributed by atoms with van der Waals surface area (Å²) in [6.45, 7) is -0.385. The number of ether oxygens (including phenoxy) is 1. The molecule has 0 bridgehead atoms. The number of methoxy groups -OCH3 is 1. The fourth-order valence-electron chi connectivity index (χ4n) is 1.86. The van der Waals surface area contributed by atoms with Crippen molar-refractivity contribution in [2.45, 2.75) is 11.4 Å². The third kappa shape index (κ3) is 2.91. The SMILES string of the molecule is COc1c(F)c(F)c(S(=O)(=O)N(C)Cc2ccco2)c(F)c1F. The molecule has 2 aromatic rings. The van der Waals surface area contributed by atoms with Crippen molar-refractivity contribution in [1.29, 1.82) is 0 Å². The fourth-order valence-corrected chi connectivity index (χ4v) is 3.10. The second kappa shape index (κ2) is 6.20. The Morgan fingerprint density at radius 1 is 1.13 bits per heavy atom. The molecule has 0 radical (unpaired) electrons. The van der Waals surface area contributed by atoms with Crippen molar-refractivity contribution in [3.63, 3.8) is 0 Å². The van der Waals surface area contributed by atoms with E-state index in [0.29, 0.717) is 4.31 Å². The predicted molar refractivity (Wildman–Crippen MR) is 70.2 cm³/mol. The van der Waals surface area contributed by atoms with Gasteiger partial charge in [0.2, 0.25) is 21.7 Å². The quantitative estimate of drug-likeness (QED) is 0.613. The van der Waals surface area contributed by atoms with E-state index >= 15 is 0 Å². The van der Waals surface area contributed by atoms with E-state index in [9.17, 15) is 26.0 Å². The van der Waals surface area contributed by atoms with Crippen LogP contribution < -0.4 is 4.74 Å². The van der Waals surface area contributed by atoms with Crippen molar-refractivity contribution in [3.8, 4) is 5.75 Å². The molecule has 0 aliphatic rings. The minimum absolute atomic E-state index is 0.173. The molecule has 23 heavy (non-hydrogen) atoms. The largest absolute Gasteiger partial charge is 0.491 e. The summed E-state index contributed by atoms with van der Waals surface area (Å²) in [5.74, 6) is -9.16. The first-order chi connectivity index (χ1) is 10.7. The number of furan rings is 1. The van der Waals surface area contributed by atoms with E-state index in [2.05, 4.69) is 4.74 Å². The average Bonchev–Trinajstić information content (AvgIpc) is 2.98. The Labute approximate surface area is 129 Å². The normalized spacial score (nSPS) is 12.0. The van der Waals surface area contributed by atoms with E-state index in [-0.39, 0.29) is 12.3 Å². The van der Waals surface area contributed by atoms with Crippen LogP contribution in [-0.4, -0.2) is 26.9 Å². The first-order valence-electron chi connectivity index (χ1n) is 6.10. The highest BCUT2D eigenvalue weighted by Crippen LogP contribution is 2.33. The van der Waals surface area contributed by atoms with Crippen molar-refractivity contribution in [1.82, 2.24) is 4.31 Å². The van der Waals surface area contributed by atoms with Crippen LogP contribution in [0.3, 0.4) is 0 Å². The number of nitrogens with zero attached hydrogens (tertiary/aromatic N) is 1. The van der Waals surface area contributed by atoms with Crippen molar-refractivity contribution in [2.24, 2.45) is 0 Å². The van der Waals surface area contributed by atoms with Crippen molar-refractivity contribution in [2.75, 3.05) is 14.2 Å². The van der Waals surface area contributed by atoms with Gasteiger partial charge in [-0.2, -0.15) is 13.1 Å². The Morgan fingerprint density at radius 2 is 1.70 bits per heavy atom. The van der Waals surface area contributed by atoms with Gasteiger partial charge in [-0.05, 0) is 12.1 Å². The number of sulfonamides is 1. The average molecular weight is 353 g/mol. The molecular weight excluding hydrogens is 342 g/mol. The lowest BCUT2D eigenvalue weighted by molar-refractivity contribution is 0.319. The summed E-state index contributed by atoms with van der Waals surface area (Å²) in [4.78, 5) is -1.73. The number of hydrogen-bond acceptors (Lipinski definition) is 4. The van der Waals surface area contributed by atoms with Crippen molar-refractivity contribution in [3.05, 3.63) is 47.4 Å². The van der Waals surface area contributed by atoms with Crippen LogP contribution in [0.4, 0.5) is 17.6 Å². The van der Waals surface area contributed by atoms with Crippen LogP contribution in [-0.2, 0) is 16.6 Å². The Balaban J connectivity index is 2.56. The third-order valence-electron chi connectivity index (χ3n) is 3.01. The van der Waals surface area contributed by atoms with Crippen LogP contribution in [0.25, 0.3) is 0 Å². The lowest BCUT2D eigenvalue weighted by Gasteiger charge is -2.18. The first kappa shape index (κ1) is 17.3. The van der Waals surface area contributed by atoms with Gasteiger partial charge in [-0.1, -0.05) is 0 Å². The van der Waals surface area contributed by atoms with Gasteiger partial charge < -0.3 is 9.15 Å². The fraction of sp³-hybridized carbons (Fsp3) is 0.231. The summed E-state index contributed by atoms with van der Waals surface area (Å²) in [6, 6.07) is 2.90. The molecule has 0 amide bonds. The highest BCUT2D eigenvalue weighted by Gasteiger charge is 2.36. The van der Waals surface area contributed by atoms with E-state index in [1.54, 1.807) is 0 Å². The van der Waals surface area contributed by atoms with Crippen LogP contribution in [0.2, 0.25) is 0 Å². The van der Waals surface area contributed by atoms with Crippen LogP contribution in [0.5, 0.6) is 5.75 Å². The molecule has 1 aromatic heterocycles. The zero-order chi connectivity index (χ0) is 17.4. The molecule has 0 aliphatic heterocycles. The lowest BCUT2D eigenvalue weighted by atomic mass is 10.3. The molecular formula is C13H11F4NO4S. The zero-order valence-corrected chi connectivity index (χ0v) is 12.8. The van der Waals surface area contributed by atoms with E-state index in [4.69, 9.17) is 4.42 Å². The van der Waals surface area contributed by atoms with Crippen LogP contribution in [0, 0.1) is 23.3 Å². The molecule has 0 saturated carbocycles. The highest BCUT2D eigenvalue weighted by molar-refractivity contribution is 7.89. The van der Waals surface area contributed by atoms with Crippen molar-refractivity contribution < 1.29 is 35.1 Å². The molecule has 0 atom stereocenters. The van der Waals surface area contributed by atoms with Gasteiger partial charge in [0.1, 0.15) is 5.76 Å². The van der Waals surface area contributed by atoms with E-state index in [1.165, 1.54) is 18.4 Å². The summed E-state index contributed by atoms with van der Waals surface area (Å²) in [5, 5.41) is 0. The maximum absolute atomic E-state index is 13.9. The van der Waals surface area contributed by atoms with Gasteiger partial charge in [-0.15, -0.1) is 0 Å². The molecule has 5 nitrogen and oxygen atoms in total. The summed E-state index contributed by atoms with van der Waals surface area (Å²) in [5.41, 5.74) is 0. The molecule has 0 spiro atoms. The topological polar surface area (TPSA) is 59.8 Å². The molecule has 1 heterocycles. The van der Waals surface area contributed by atoms with Gasteiger partial charge in [0.25, 0.3) is 0 Å². The third-order valence-corrected chi connectivity index (χ3v) is 4.84. The molecule has 1 aromatic carbocycles. The van der Waals surface area contributed by atoms with Crippen molar-refractivity contribution >= 4 is 10.0 Å².